The van der Waals surface area contributed by atoms with E-state index < -0.39 is 22.2 Å². The van der Waals surface area contributed by atoms with Crippen molar-refractivity contribution in [3.05, 3.63) is 33.6 Å². The van der Waals surface area contributed by atoms with E-state index in [1.54, 1.807) is 0 Å². The summed E-state index contributed by atoms with van der Waals surface area (Å²) in [6, 6.07) is 1.99. The van der Waals surface area contributed by atoms with Crippen molar-refractivity contribution in [3.8, 4) is 5.75 Å². The number of nitro benzene ring substituents is 1. The molecule has 1 aliphatic rings. The molecule has 21 heavy (non-hydrogen) atoms. The number of rotatable bonds is 6. The Morgan fingerprint density at radius 3 is 2.67 bits per heavy atom. The van der Waals surface area contributed by atoms with Gasteiger partial charge in [-0.2, -0.15) is 0 Å². The van der Waals surface area contributed by atoms with E-state index in [-0.39, 0.29) is 29.5 Å². The molecule has 0 saturated heterocycles. The molecule has 0 bridgehead atoms. The van der Waals surface area contributed by atoms with Crippen LogP contribution >= 0.6 is 0 Å². The molecule has 2 rings (SSSR count). The third kappa shape index (κ3) is 2.94. The summed E-state index contributed by atoms with van der Waals surface area (Å²) >= 11 is 0. The van der Waals surface area contributed by atoms with E-state index in [0.717, 1.165) is 18.9 Å². The summed E-state index contributed by atoms with van der Waals surface area (Å²) in [6.45, 7) is 1.20. The van der Waals surface area contributed by atoms with Crippen molar-refractivity contribution in [1.82, 2.24) is 0 Å². The summed E-state index contributed by atoms with van der Waals surface area (Å²) in [6.07, 6.45) is 1.54. The lowest BCUT2D eigenvalue weighted by Gasteiger charge is -2.25. The van der Waals surface area contributed by atoms with Gasteiger partial charge in [0, 0.05) is 5.56 Å². The molecule has 1 atom stereocenters. The first kappa shape index (κ1) is 15.2. The largest absolute Gasteiger partial charge is 0.488 e. The van der Waals surface area contributed by atoms with Crippen molar-refractivity contribution in [2.75, 3.05) is 6.61 Å². The topological polar surface area (TPSA) is 121 Å². The number of nitro groups is 1. The molecule has 1 saturated carbocycles. The Labute approximate surface area is 120 Å². The maximum atomic E-state index is 13.8. The maximum Gasteiger partial charge on any atom is 0.275 e. The van der Waals surface area contributed by atoms with E-state index in [2.05, 4.69) is 0 Å². The van der Waals surface area contributed by atoms with Gasteiger partial charge in [-0.1, -0.05) is 0 Å². The van der Waals surface area contributed by atoms with E-state index >= 15 is 0 Å². The van der Waals surface area contributed by atoms with Gasteiger partial charge in [0.2, 0.25) is 5.91 Å². The van der Waals surface area contributed by atoms with Gasteiger partial charge in [0.1, 0.15) is 12.1 Å². The van der Waals surface area contributed by atoms with Crippen molar-refractivity contribution in [2.45, 2.75) is 25.3 Å². The number of benzene rings is 1. The first-order valence-electron chi connectivity index (χ1n) is 6.42. The minimum Gasteiger partial charge on any atom is -0.488 e. The Morgan fingerprint density at radius 2 is 2.19 bits per heavy atom. The van der Waals surface area contributed by atoms with Crippen LogP contribution in [0.15, 0.2) is 12.1 Å². The van der Waals surface area contributed by atoms with Crippen LogP contribution in [0.2, 0.25) is 0 Å². The van der Waals surface area contributed by atoms with Crippen LogP contribution < -0.4 is 16.2 Å². The SMILES string of the molecule is Cc1cc(OCC(N)(C(N)=O)C2CC2)c(F)cc1[N+](=O)[O-]. The summed E-state index contributed by atoms with van der Waals surface area (Å²) in [5.74, 6) is -1.84. The van der Waals surface area contributed by atoms with Gasteiger partial charge >= 0.3 is 0 Å². The second-order valence-electron chi connectivity index (χ2n) is 5.29. The zero-order valence-electron chi connectivity index (χ0n) is 11.5. The number of nitrogens with two attached hydrogens (primary N) is 2. The molecule has 114 valence electrons. The fraction of sp³-hybridized carbons (Fsp3) is 0.462. The number of carbonyl (C=O) groups is 1. The second-order valence-corrected chi connectivity index (χ2v) is 5.29. The summed E-state index contributed by atoms with van der Waals surface area (Å²) < 4.78 is 19.1. The molecule has 1 aromatic rings. The van der Waals surface area contributed by atoms with Crippen LogP contribution in [0, 0.1) is 28.8 Å². The Bertz CT molecular complexity index is 603. The average molecular weight is 297 g/mol. The van der Waals surface area contributed by atoms with Gasteiger partial charge in [0.25, 0.3) is 5.69 Å². The zero-order chi connectivity index (χ0) is 15.8. The maximum absolute atomic E-state index is 13.8. The molecule has 0 aliphatic heterocycles. The van der Waals surface area contributed by atoms with E-state index in [1.807, 2.05) is 0 Å². The smallest absolute Gasteiger partial charge is 0.275 e. The Morgan fingerprint density at radius 1 is 1.57 bits per heavy atom. The summed E-state index contributed by atoms with van der Waals surface area (Å²) in [7, 11) is 0. The standard InChI is InChI=1S/C13H16FN3O4/c1-7-4-11(9(14)5-10(7)17(19)20)21-6-13(16,12(15)18)8-2-3-8/h4-5,8H,2-3,6,16H2,1H3,(H2,15,18). The normalized spacial score (nSPS) is 17.1. The molecule has 1 amide bonds. The molecule has 0 radical (unpaired) electrons. The van der Waals surface area contributed by atoms with Crippen molar-refractivity contribution in [1.29, 1.82) is 0 Å². The molecule has 1 fully saturated rings. The van der Waals surface area contributed by atoms with Gasteiger partial charge in [-0.3, -0.25) is 14.9 Å². The first-order valence-corrected chi connectivity index (χ1v) is 6.42. The molecule has 0 heterocycles. The Kier molecular flexibility index (Phi) is 3.82. The molecule has 0 spiro atoms. The van der Waals surface area contributed by atoms with Crippen molar-refractivity contribution in [3.63, 3.8) is 0 Å². The third-order valence-corrected chi connectivity index (χ3v) is 3.68. The van der Waals surface area contributed by atoms with Crippen LogP contribution in [0.25, 0.3) is 0 Å². The molecule has 1 aromatic carbocycles. The lowest BCUT2D eigenvalue weighted by molar-refractivity contribution is -0.385. The molecule has 4 N–H and O–H groups in total. The number of nitrogens with zero attached hydrogens (tertiary/aromatic N) is 1. The molecule has 8 heteroatoms. The molecular formula is C13H16FN3O4. The van der Waals surface area contributed by atoms with Gasteiger partial charge in [-0.25, -0.2) is 4.39 Å². The first-order chi connectivity index (χ1) is 9.75. The highest BCUT2D eigenvalue weighted by Crippen LogP contribution is 2.38. The van der Waals surface area contributed by atoms with Crippen LogP contribution in [0.5, 0.6) is 5.75 Å². The molecule has 1 unspecified atom stereocenters. The number of carbonyl (C=O) groups excluding carboxylic acids is 1. The van der Waals surface area contributed by atoms with Crippen molar-refractivity contribution < 1.29 is 18.8 Å². The summed E-state index contributed by atoms with van der Waals surface area (Å²) in [4.78, 5) is 21.5. The number of amides is 1. The third-order valence-electron chi connectivity index (χ3n) is 3.68. The van der Waals surface area contributed by atoms with E-state index in [4.69, 9.17) is 16.2 Å². The Balaban J connectivity index is 2.18. The number of hydrogen-bond acceptors (Lipinski definition) is 5. The predicted molar refractivity (Wildman–Crippen MR) is 72.1 cm³/mol. The van der Waals surface area contributed by atoms with Crippen LogP contribution in [0.4, 0.5) is 10.1 Å². The number of halogens is 1. The number of aryl methyl sites for hydroxylation is 1. The quantitative estimate of drug-likeness (QED) is 0.599. The lowest BCUT2D eigenvalue weighted by atomic mass is 9.95. The van der Waals surface area contributed by atoms with Crippen molar-refractivity contribution >= 4 is 11.6 Å². The van der Waals surface area contributed by atoms with Crippen LogP contribution in [0.1, 0.15) is 18.4 Å². The van der Waals surface area contributed by atoms with E-state index in [0.29, 0.717) is 0 Å². The monoisotopic (exact) mass is 297 g/mol. The molecule has 7 nitrogen and oxygen atoms in total. The minimum absolute atomic E-state index is 0.0720. The van der Waals surface area contributed by atoms with Gasteiger partial charge in [-0.05, 0) is 31.7 Å². The predicted octanol–water partition coefficient (Wildman–Crippen LogP) is 1.01. The van der Waals surface area contributed by atoms with Gasteiger partial charge < -0.3 is 16.2 Å². The van der Waals surface area contributed by atoms with E-state index in [9.17, 15) is 19.3 Å². The second kappa shape index (κ2) is 5.28. The summed E-state index contributed by atoms with van der Waals surface area (Å²) in [5.41, 5.74) is 9.78. The van der Waals surface area contributed by atoms with Crippen LogP contribution in [-0.4, -0.2) is 23.0 Å². The highest BCUT2D eigenvalue weighted by molar-refractivity contribution is 5.85. The summed E-state index contributed by atoms with van der Waals surface area (Å²) in [5, 5.41) is 10.7. The molecule has 1 aliphatic carbocycles. The lowest BCUT2D eigenvalue weighted by Crippen LogP contribution is -2.58. The molecule has 0 aromatic heterocycles. The number of hydrogen-bond donors (Lipinski definition) is 2. The minimum atomic E-state index is -1.35. The Hall–Kier alpha value is -2.22. The van der Waals surface area contributed by atoms with Gasteiger partial charge in [-0.15, -0.1) is 0 Å². The van der Waals surface area contributed by atoms with E-state index in [1.165, 1.54) is 13.0 Å². The highest BCUT2D eigenvalue weighted by atomic mass is 19.1. The van der Waals surface area contributed by atoms with Gasteiger partial charge in [0.05, 0.1) is 11.0 Å². The highest BCUT2D eigenvalue weighted by Gasteiger charge is 2.47. The van der Waals surface area contributed by atoms with Gasteiger partial charge in [0.15, 0.2) is 11.6 Å². The average Bonchev–Trinajstić information content (AvgIpc) is 3.23. The van der Waals surface area contributed by atoms with Crippen molar-refractivity contribution in [2.24, 2.45) is 17.4 Å². The van der Waals surface area contributed by atoms with Crippen LogP contribution in [-0.2, 0) is 4.79 Å². The van der Waals surface area contributed by atoms with Crippen LogP contribution in [0.3, 0.4) is 0 Å². The zero-order valence-corrected chi connectivity index (χ0v) is 11.5. The number of primary amides is 1. The fourth-order valence-corrected chi connectivity index (χ4v) is 2.14. The molecular weight excluding hydrogens is 281 g/mol. The fourth-order valence-electron chi connectivity index (χ4n) is 2.14. The number of ether oxygens (including phenoxy) is 1.